The molecule has 3 rings (SSSR count). The second-order valence-corrected chi connectivity index (χ2v) is 6.10. The molecule has 0 aliphatic carbocycles. The summed E-state index contributed by atoms with van der Waals surface area (Å²) in [5.74, 6) is -1.64. The van der Waals surface area contributed by atoms with Gasteiger partial charge in [-0.25, -0.2) is 4.98 Å². The standard InChI is InChI=1S/C17H15N3O3S/c1-10(11-6-3-2-4-7-11)18-16(22)13-14(21)17(23)20-15(19-13)12-8-5-9-24-12/h2-10,21H,1H3,(H,18,22)(H,19,20,23)/t10-/m1/s1. The summed E-state index contributed by atoms with van der Waals surface area (Å²) < 4.78 is 0. The van der Waals surface area contributed by atoms with E-state index in [1.165, 1.54) is 11.3 Å². The largest absolute Gasteiger partial charge is 0.501 e. The molecule has 0 fully saturated rings. The number of hydrogen-bond acceptors (Lipinski definition) is 6. The van der Waals surface area contributed by atoms with Crippen LogP contribution in [0.15, 0.2) is 47.8 Å². The van der Waals surface area contributed by atoms with Crippen molar-refractivity contribution >= 4 is 17.2 Å². The monoisotopic (exact) mass is 341 g/mol. The Hall–Kier alpha value is -2.93. The lowest BCUT2D eigenvalue weighted by atomic mass is 10.1. The SMILES string of the molecule is C[C@@H](NC(=O)c1nc(-c2cccs2)nc(O)c1O)c1ccccc1. The first kappa shape index (κ1) is 15.9. The summed E-state index contributed by atoms with van der Waals surface area (Å²) in [5.41, 5.74) is 0.663. The Kier molecular flexibility index (Phi) is 4.43. The third-order valence-corrected chi connectivity index (χ3v) is 4.34. The Balaban J connectivity index is 1.89. The van der Waals surface area contributed by atoms with Crippen molar-refractivity contribution in [2.24, 2.45) is 0 Å². The molecule has 24 heavy (non-hydrogen) atoms. The molecule has 0 saturated heterocycles. The summed E-state index contributed by atoms with van der Waals surface area (Å²) in [6, 6.07) is 12.7. The van der Waals surface area contributed by atoms with Gasteiger partial charge in [0.25, 0.3) is 11.8 Å². The Labute approximate surface area is 142 Å². The maximum atomic E-state index is 12.5. The Morgan fingerprint density at radius 1 is 1.12 bits per heavy atom. The number of thiophene rings is 1. The van der Waals surface area contributed by atoms with Gasteiger partial charge in [0.05, 0.1) is 10.9 Å². The average Bonchev–Trinajstić information content (AvgIpc) is 3.12. The molecule has 1 atom stereocenters. The van der Waals surface area contributed by atoms with Crippen LogP contribution in [0.2, 0.25) is 0 Å². The summed E-state index contributed by atoms with van der Waals surface area (Å²) in [6.07, 6.45) is 0. The van der Waals surface area contributed by atoms with Crippen LogP contribution in [-0.2, 0) is 0 Å². The smallest absolute Gasteiger partial charge is 0.274 e. The number of nitrogens with one attached hydrogen (secondary N) is 1. The molecule has 0 spiro atoms. The molecule has 122 valence electrons. The molecule has 0 saturated carbocycles. The lowest BCUT2D eigenvalue weighted by Crippen LogP contribution is -2.27. The summed E-state index contributed by atoms with van der Waals surface area (Å²) in [5, 5.41) is 24.3. The summed E-state index contributed by atoms with van der Waals surface area (Å²) >= 11 is 1.37. The molecular weight excluding hydrogens is 326 g/mol. The maximum Gasteiger partial charge on any atom is 0.274 e. The quantitative estimate of drug-likeness (QED) is 0.678. The van der Waals surface area contributed by atoms with Gasteiger partial charge in [-0.3, -0.25) is 4.79 Å². The highest BCUT2D eigenvalue weighted by molar-refractivity contribution is 7.13. The normalized spacial score (nSPS) is 11.9. The molecule has 2 aromatic heterocycles. The minimum absolute atomic E-state index is 0.192. The number of rotatable bonds is 4. The van der Waals surface area contributed by atoms with Crippen molar-refractivity contribution < 1.29 is 15.0 Å². The number of benzene rings is 1. The second kappa shape index (κ2) is 6.67. The van der Waals surface area contributed by atoms with Crippen LogP contribution in [0.4, 0.5) is 0 Å². The van der Waals surface area contributed by atoms with E-state index in [0.29, 0.717) is 4.88 Å². The van der Waals surface area contributed by atoms with Crippen LogP contribution in [0.1, 0.15) is 29.0 Å². The molecule has 0 bridgehead atoms. The van der Waals surface area contributed by atoms with Gasteiger partial charge in [-0.1, -0.05) is 36.4 Å². The fraction of sp³-hybridized carbons (Fsp3) is 0.118. The van der Waals surface area contributed by atoms with Crippen molar-refractivity contribution in [1.82, 2.24) is 15.3 Å². The van der Waals surface area contributed by atoms with Gasteiger partial charge in [0.1, 0.15) is 0 Å². The number of carbonyl (C=O) groups excluding carboxylic acids is 1. The van der Waals surface area contributed by atoms with Crippen molar-refractivity contribution in [3.63, 3.8) is 0 Å². The van der Waals surface area contributed by atoms with Crippen LogP contribution in [0.25, 0.3) is 10.7 Å². The van der Waals surface area contributed by atoms with Crippen molar-refractivity contribution in [1.29, 1.82) is 0 Å². The number of hydrogen-bond donors (Lipinski definition) is 3. The Morgan fingerprint density at radius 3 is 2.54 bits per heavy atom. The fourth-order valence-electron chi connectivity index (χ4n) is 2.21. The van der Waals surface area contributed by atoms with Gasteiger partial charge >= 0.3 is 0 Å². The minimum atomic E-state index is -0.631. The van der Waals surface area contributed by atoms with E-state index in [1.54, 1.807) is 6.07 Å². The van der Waals surface area contributed by atoms with Gasteiger partial charge in [0.2, 0.25) is 5.75 Å². The Bertz CT molecular complexity index is 851. The molecule has 7 heteroatoms. The van der Waals surface area contributed by atoms with E-state index in [9.17, 15) is 15.0 Å². The second-order valence-electron chi connectivity index (χ2n) is 5.15. The van der Waals surface area contributed by atoms with E-state index in [-0.39, 0.29) is 17.6 Å². The van der Waals surface area contributed by atoms with Crippen LogP contribution in [-0.4, -0.2) is 26.1 Å². The molecule has 0 aliphatic heterocycles. The number of amides is 1. The van der Waals surface area contributed by atoms with Crippen LogP contribution >= 0.6 is 11.3 Å². The first-order valence-corrected chi connectivity index (χ1v) is 8.14. The van der Waals surface area contributed by atoms with Crippen LogP contribution < -0.4 is 5.32 Å². The third-order valence-electron chi connectivity index (χ3n) is 3.47. The van der Waals surface area contributed by atoms with E-state index < -0.39 is 17.5 Å². The Morgan fingerprint density at radius 2 is 1.88 bits per heavy atom. The highest BCUT2D eigenvalue weighted by Gasteiger charge is 2.22. The van der Waals surface area contributed by atoms with Crippen LogP contribution in [0.3, 0.4) is 0 Å². The molecule has 3 N–H and O–H groups in total. The lowest BCUT2D eigenvalue weighted by Gasteiger charge is -2.14. The predicted octanol–water partition coefficient (Wildman–Crippen LogP) is 3.11. The molecule has 1 aromatic carbocycles. The van der Waals surface area contributed by atoms with Gasteiger partial charge in [0, 0.05) is 0 Å². The van der Waals surface area contributed by atoms with Crippen LogP contribution in [0, 0.1) is 0 Å². The molecule has 0 radical (unpaired) electrons. The number of aromatic nitrogens is 2. The molecule has 0 aliphatic rings. The van der Waals surface area contributed by atoms with Gasteiger partial charge in [-0.15, -0.1) is 11.3 Å². The third kappa shape index (κ3) is 3.21. The maximum absolute atomic E-state index is 12.5. The fourth-order valence-corrected chi connectivity index (χ4v) is 2.86. The van der Waals surface area contributed by atoms with Gasteiger partial charge in [0.15, 0.2) is 11.5 Å². The zero-order valence-corrected chi connectivity index (χ0v) is 13.6. The first-order valence-electron chi connectivity index (χ1n) is 7.26. The molecule has 0 unspecified atom stereocenters. The zero-order valence-electron chi connectivity index (χ0n) is 12.8. The summed E-state index contributed by atoms with van der Waals surface area (Å²) in [7, 11) is 0. The molecule has 3 aromatic rings. The van der Waals surface area contributed by atoms with E-state index in [2.05, 4.69) is 15.3 Å². The molecule has 2 heterocycles. The molecular formula is C17H15N3O3S. The highest BCUT2D eigenvalue weighted by atomic mass is 32.1. The van der Waals surface area contributed by atoms with E-state index in [4.69, 9.17) is 0 Å². The van der Waals surface area contributed by atoms with E-state index in [0.717, 1.165) is 5.56 Å². The van der Waals surface area contributed by atoms with Gasteiger partial charge in [-0.2, -0.15) is 4.98 Å². The van der Waals surface area contributed by atoms with Crippen molar-refractivity contribution in [3.05, 3.63) is 59.1 Å². The molecule has 6 nitrogen and oxygen atoms in total. The average molecular weight is 341 g/mol. The number of carbonyl (C=O) groups is 1. The molecule has 1 amide bonds. The topological polar surface area (TPSA) is 95.3 Å². The van der Waals surface area contributed by atoms with Gasteiger partial charge < -0.3 is 15.5 Å². The van der Waals surface area contributed by atoms with Crippen LogP contribution in [0.5, 0.6) is 11.6 Å². The van der Waals surface area contributed by atoms with Crippen molar-refractivity contribution in [2.75, 3.05) is 0 Å². The van der Waals surface area contributed by atoms with Crippen molar-refractivity contribution in [2.45, 2.75) is 13.0 Å². The highest BCUT2D eigenvalue weighted by Crippen LogP contribution is 2.30. The lowest BCUT2D eigenvalue weighted by molar-refractivity contribution is 0.0930. The van der Waals surface area contributed by atoms with Crippen molar-refractivity contribution in [3.8, 4) is 22.3 Å². The van der Waals surface area contributed by atoms with Gasteiger partial charge in [-0.05, 0) is 23.9 Å². The number of aromatic hydroxyl groups is 2. The summed E-state index contributed by atoms with van der Waals surface area (Å²) in [6.45, 7) is 1.82. The number of nitrogens with zero attached hydrogens (tertiary/aromatic N) is 2. The van der Waals surface area contributed by atoms with E-state index >= 15 is 0 Å². The zero-order chi connectivity index (χ0) is 17.1. The summed E-state index contributed by atoms with van der Waals surface area (Å²) in [4.78, 5) is 21.1. The minimum Gasteiger partial charge on any atom is -0.501 e. The predicted molar refractivity (Wildman–Crippen MR) is 91.0 cm³/mol. The first-order chi connectivity index (χ1) is 11.6. The van der Waals surface area contributed by atoms with E-state index in [1.807, 2.05) is 48.7 Å².